The molecular weight excluding hydrogens is 421 g/mol. The molecule has 0 aliphatic carbocycles. The van der Waals surface area contributed by atoms with Crippen LogP contribution < -0.4 is 0 Å². The predicted octanol–water partition coefficient (Wildman–Crippen LogP) is 5.72. The lowest BCUT2D eigenvalue weighted by molar-refractivity contribution is -0.138. The zero-order valence-corrected chi connectivity index (χ0v) is 13.8. The highest BCUT2D eigenvalue weighted by Gasteiger charge is 2.33. The number of thiophene rings is 1. The molecule has 20 heavy (non-hydrogen) atoms. The van der Waals surface area contributed by atoms with Gasteiger partial charge in [-0.1, -0.05) is 22.0 Å². The second-order valence-electron chi connectivity index (χ2n) is 4.02. The summed E-state index contributed by atoms with van der Waals surface area (Å²) in [7, 11) is 0. The molecule has 106 valence electrons. The Balaban J connectivity index is 2.27. The van der Waals surface area contributed by atoms with Crippen LogP contribution in [0.1, 0.15) is 20.8 Å². The van der Waals surface area contributed by atoms with Crippen LogP contribution in [0.3, 0.4) is 0 Å². The zero-order valence-electron chi connectivity index (χ0n) is 9.80. The van der Waals surface area contributed by atoms with Crippen LogP contribution in [0.5, 0.6) is 0 Å². The average molecular weight is 428 g/mol. The van der Waals surface area contributed by atoms with Gasteiger partial charge in [0.1, 0.15) is 0 Å². The van der Waals surface area contributed by atoms with Gasteiger partial charge in [-0.15, -0.1) is 11.3 Å². The number of benzene rings is 1. The van der Waals surface area contributed by atoms with E-state index in [1.165, 1.54) is 23.5 Å². The van der Waals surface area contributed by atoms with Gasteiger partial charge in [0.2, 0.25) is 0 Å². The lowest BCUT2D eigenvalue weighted by atomic mass is 10.0. The Kier molecular flexibility index (Phi) is 4.71. The van der Waals surface area contributed by atoms with Crippen LogP contribution in [0.2, 0.25) is 0 Å². The topological polar surface area (TPSA) is 17.1 Å². The predicted molar refractivity (Wildman–Crippen MR) is 79.2 cm³/mol. The second-order valence-corrected chi connectivity index (χ2v) is 6.79. The van der Waals surface area contributed by atoms with E-state index in [0.29, 0.717) is 0 Å². The molecule has 0 radical (unpaired) electrons. The summed E-state index contributed by atoms with van der Waals surface area (Å²) in [6.45, 7) is 0. The molecule has 0 fully saturated rings. The van der Waals surface area contributed by atoms with Crippen LogP contribution in [0.4, 0.5) is 13.2 Å². The van der Waals surface area contributed by atoms with E-state index in [1.807, 2.05) is 5.38 Å². The van der Waals surface area contributed by atoms with Crippen molar-refractivity contribution < 1.29 is 18.0 Å². The van der Waals surface area contributed by atoms with E-state index in [-0.39, 0.29) is 22.2 Å². The maximum Gasteiger partial charge on any atom is 0.417 e. The third-order valence-electron chi connectivity index (χ3n) is 2.55. The van der Waals surface area contributed by atoms with E-state index in [4.69, 9.17) is 0 Å². The lowest BCUT2D eigenvalue weighted by Gasteiger charge is -2.10. The Hall–Kier alpha value is -0.660. The Morgan fingerprint density at radius 3 is 2.45 bits per heavy atom. The maximum atomic E-state index is 12.8. The quantitative estimate of drug-likeness (QED) is 0.572. The number of carbonyl (C=O) groups excluding carboxylic acids is 1. The molecule has 0 N–H and O–H groups in total. The second kappa shape index (κ2) is 5.99. The first-order valence-corrected chi connectivity index (χ1v) is 7.87. The normalized spacial score (nSPS) is 11.7. The summed E-state index contributed by atoms with van der Waals surface area (Å²) in [6.07, 6.45) is -4.39. The summed E-state index contributed by atoms with van der Waals surface area (Å²) >= 11 is 7.51. The van der Waals surface area contributed by atoms with Gasteiger partial charge in [-0.05, 0) is 34.1 Å². The summed E-state index contributed by atoms with van der Waals surface area (Å²) in [5.74, 6) is -0.336. The van der Waals surface area contributed by atoms with Gasteiger partial charge in [0.25, 0.3) is 0 Å². The molecule has 0 spiro atoms. The van der Waals surface area contributed by atoms with Crippen molar-refractivity contribution in [3.8, 4) is 0 Å². The Labute approximate surface area is 134 Å². The van der Waals surface area contributed by atoms with Gasteiger partial charge >= 0.3 is 6.18 Å². The average Bonchev–Trinajstić information content (AvgIpc) is 2.73. The highest BCUT2D eigenvalue weighted by Crippen LogP contribution is 2.35. The van der Waals surface area contributed by atoms with Gasteiger partial charge in [-0.2, -0.15) is 13.2 Å². The number of hydrogen-bond acceptors (Lipinski definition) is 2. The SMILES string of the molecule is O=C(Cc1cc(Br)cs1)c1ccc(Br)c(C(F)(F)F)c1. The number of ketones is 1. The van der Waals surface area contributed by atoms with Crippen LogP contribution in [-0.2, 0) is 12.6 Å². The van der Waals surface area contributed by atoms with Gasteiger partial charge in [0, 0.05) is 31.2 Å². The minimum atomic E-state index is -4.49. The molecule has 0 saturated carbocycles. The fourth-order valence-corrected chi connectivity index (χ4v) is 3.54. The Morgan fingerprint density at radius 1 is 1.20 bits per heavy atom. The van der Waals surface area contributed by atoms with Gasteiger partial charge in [-0.3, -0.25) is 4.79 Å². The highest BCUT2D eigenvalue weighted by molar-refractivity contribution is 9.10. The maximum absolute atomic E-state index is 12.8. The van der Waals surface area contributed by atoms with Crippen molar-refractivity contribution >= 4 is 49.0 Å². The molecule has 1 aromatic carbocycles. The largest absolute Gasteiger partial charge is 0.417 e. The fraction of sp³-hybridized carbons (Fsp3) is 0.154. The van der Waals surface area contributed by atoms with E-state index < -0.39 is 11.7 Å². The summed E-state index contributed by atoms with van der Waals surface area (Å²) in [6, 6.07) is 5.31. The smallest absolute Gasteiger partial charge is 0.294 e. The molecule has 7 heteroatoms. The number of Topliss-reactive ketones (excluding diaryl/α,β-unsaturated/α-hetero) is 1. The van der Waals surface area contributed by atoms with Crippen LogP contribution in [0.15, 0.2) is 38.6 Å². The third kappa shape index (κ3) is 3.71. The van der Waals surface area contributed by atoms with Crippen molar-refractivity contribution in [3.05, 3.63) is 54.6 Å². The van der Waals surface area contributed by atoms with Crippen molar-refractivity contribution in [2.75, 3.05) is 0 Å². The van der Waals surface area contributed by atoms with Crippen LogP contribution in [0.25, 0.3) is 0 Å². The zero-order chi connectivity index (χ0) is 14.9. The number of hydrogen-bond donors (Lipinski definition) is 0. The van der Waals surface area contributed by atoms with E-state index in [1.54, 1.807) is 6.07 Å². The Morgan fingerprint density at radius 2 is 1.90 bits per heavy atom. The van der Waals surface area contributed by atoms with Gasteiger partial charge < -0.3 is 0 Å². The third-order valence-corrected chi connectivity index (χ3v) is 4.94. The molecule has 0 bridgehead atoms. The first-order chi connectivity index (χ1) is 9.27. The van der Waals surface area contributed by atoms with Crippen molar-refractivity contribution in [1.29, 1.82) is 0 Å². The minimum Gasteiger partial charge on any atom is -0.294 e. The Bertz CT molecular complexity index is 649. The summed E-state index contributed by atoms with van der Waals surface area (Å²) in [4.78, 5) is 12.8. The standard InChI is InChI=1S/C13H7Br2F3OS/c14-8-4-9(20-6-8)5-12(19)7-1-2-11(15)10(3-7)13(16,17)18/h1-4,6H,5H2. The molecular formula is C13H7Br2F3OS. The van der Waals surface area contributed by atoms with Crippen molar-refractivity contribution in [2.45, 2.75) is 12.6 Å². The number of carbonyl (C=O) groups is 1. The molecule has 0 atom stereocenters. The molecule has 1 heterocycles. The van der Waals surface area contributed by atoms with Crippen LogP contribution in [0, 0.1) is 0 Å². The molecule has 0 unspecified atom stereocenters. The minimum absolute atomic E-state index is 0.0602. The number of rotatable bonds is 3. The first kappa shape index (κ1) is 15.7. The fourth-order valence-electron chi connectivity index (χ4n) is 1.62. The number of halogens is 5. The van der Waals surface area contributed by atoms with Crippen molar-refractivity contribution in [1.82, 2.24) is 0 Å². The molecule has 0 aliphatic heterocycles. The molecule has 1 nitrogen and oxygen atoms in total. The first-order valence-electron chi connectivity index (χ1n) is 5.40. The molecule has 0 aliphatic rings. The van der Waals surface area contributed by atoms with E-state index >= 15 is 0 Å². The van der Waals surface area contributed by atoms with Gasteiger partial charge in [0.15, 0.2) is 5.78 Å². The van der Waals surface area contributed by atoms with E-state index in [9.17, 15) is 18.0 Å². The van der Waals surface area contributed by atoms with Crippen LogP contribution >= 0.6 is 43.2 Å². The van der Waals surface area contributed by atoms with Gasteiger partial charge in [-0.25, -0.2) is 0 Å². The monoisotopic (exact) mass is 426 g/mol. The summed E-state index contributed by atoms with van der Waals surface area (Å²) in [5.41, 5.74) is -0.777. The van der Waals surface area contributed by atoms with Gasteiger partial charge in [0.05, 0.1) is 5.56 Å². The highest BCUT2D eigenvalue weighted by atomic mass is 79.9. The van der Waals surface area contributed by atoms with E-state index in [2.05, 4.69) is 31.9 Å². The molecule has 0 saturated heterocycles. The number of alkyl halides is 3. The van der Waals surface area contributed by atoms with Crippen molar-refractivity contribution in [2.24, 2.45) is 0 Å². The summed E-state index contributed by atoms with van der Waals surface area (Å²) < 4.78 is 39.1. The molecule has 2 rings (SSSR count). The lowest BCUT2D eigenvalue weighted by Crippen LogP contribution is -2.09. The summed E-state index contributed by atoms with van der Waals surface area (Å²) in [5, 5.41) is 1.82. The molecule has 1 aromatic heterocycles. The van der Waals surface area contributed by atoms with E-state index in [0.717, 1.165) is 15.4 Å². The molecule has 2 aromatic rings. The van der Waals surface area contributed by atoms with Crippen LogP contribution in [-0.4, -0.2) is 5.78 Å². The van der Waals surface area contributed by atoms with Crippen molar-refractivity contribution in [3.63, 3.8) is 0 Å². The molecule has 0 amide bonds.